The predicted molar refractivity (Wildman–Crippen MR) is 99.4 cm³/mol. The number of nitrogens with zero attached hydrogens (tertiary/aromatic N) is 1. The molecule has 1 aromatic rings. The van der Waals surface area contributed by atoms with Crippen LogP contribution in [0.2, 0.25) is 0 Å². The number of methoxy groups -OCH3 is 2. The molecule has 3 N–H and O–H groups in total. The Balaban J connectivity index is 2.65. The molecule has 0 saturated heterocycles. The van der Waals surface area contributed by atoms with Crippen LogP contribution < -0.4 is 20.1 Å². The smallest absolute Gasteiger partial charge is 0.326 e. The summed E-state index contributed by atoms with van der Waals surface area (Å²) in [6.45, 7) is 3.83. The van der Waals surface area contributed by atoms with Crippen molar-refractivity contribution in [2.75, 3.05) is 20.8 Å². The van der Waals surface area contributed by atoms with Gasteiger partial charge in [0.2, 0.25) is 0 Å². The summed E-state index contributed by atoms with van der Waals surface area (Å²) in [6.07, 6.45) is 1.91. The van der Waals surface area contributed by atoms with Crippen LogP contribution >= 0.6 is 0 Å². The lowest BCUT2D eigenvalue weighted by atomic mass is 10.0. The van der Waals surface area contributed by atoms with Gasteiger partial charge in [0.15, 0.2) is 11.5 Å². The molecule has 0 heterocycles. The molecule has 0 radical (unpaired) electrons. The van der Waals surface area contributed by atoms with Gasteiger partial charge in [0.25, 0.3) is 5.91 Å². The first-order valence-electron chi connectivity index (χ1n) is 8.42. The molecule has 8 heteroatoms. The van der Waals surface area contributed by atoms with Crippen LogP contribution in [-0.2, 0) is 16.0 Å². The third-order valence-electron chi connectivity index (χ3n) is 3.84. The van der Waals surface area contributed by atoms with Crippen LogP contribution in [0.5, 0.6) is 11.5 Å². The third kappa shape index (κ3) is 6.55. The standard InChI is InChI=1S/C19H25N3O5/c1-12(2)17(19(24)25)22-18(23)14(10-20)11-21-8-7-13-5-6-15(26-3)16(9-13)27-4/h5-6,9,11-12,17,21H,7-8H2,1-4H3,(H,22,23)(H,24,25)/b14-11-. The fourth-order valence-electron chi connectivity index (χ4n) is 2.31. The highest BCUT2D eigenvalue weighted by atomic mass is 16.5. The number of aliphatic carboxylic acids is 1. The van der Waals surface area contributed by atoms with E-state index < -0.39 is 17.9 Å². The van der Waals surface area contributed by atoms with E-state index in [4.69, 9.17) is 19.8 Å². The number of nitrogens with one attached hydrogen (secondary N) is 2. The fourth-order valence-corrected chi connectivity index (χ4v) is 2.31. The van der Waals surface area contributed by atoms with Gasteiger partial charge >= 0.3 is 5.97 Å². The Morgan fingerprint density at radius 2 is 1.93 bits per heavy atom. The van der Waals surface area contributed by atoms with Crippen molar-refractivity contribution in [3.8, 4) is 17.6 Å². The van der Waals surface area contributed by atoms with Crippen LogP contribution in [0.1, 0.15) is 19.4 Å². The van der Waals surface area contributed by atoms with Gasteiger partial charge in [-0.3, -0.25) is 4.79 Å². The van der Waals surface area contributed by atoms with Crippen molar-refractivity contribution in [2.24, 2.45) is 5.92 Å². The van der Waals surface area contributed by atoms with Gasteiger partial charge in [-0.2, -0.15) is 5.26 Å². The fraction of sp³-hybridized carbons (Fsp3) is 0.421. The molecule has 0 bridgehead atoms. The topological polar surface area (TPSA) is 121 Å². The van der Waals surface area contributed by atoms with E-state index in [0.29, 0.717) is 24.5 Å². The molecule has 27 heavy (non-hydrogen) atoms. The lowest BCUT2D eigenvalue weighted by Gasteiger charge is -2.17. The quantitative estimate of drug-likeness (QED) is 0.322. The van der Waals surface area contributed by atoms with Crippen LogP contribution in [0, 0.1) is 17.2 Å². The van der Waals surface area contributed by atoms with Gasteiger partial charge in [0.05, 0.1) is 14.2 Å². The predicted octanol–water partition coefficient (Wildman–Crippen LogP) is 1.47. The largest absolute Gasteiger partial charge is 0.493 e. The highest BCUT2D eigenvalue weighted by Crippen LogP contribution is 2.27. The van der Waals surface area contributed by atoms with Crippen molar-refractivity contribution in [2.45, 2.75) is 26.3 Å². The number of carbonyl (C=O) groups excluding carboxylic acids is 1. The summed E-state index contributed by atoms with van der Waals surface area (Å²) in [4.78, 5) is 23.2. The van der Waals surface area contributed by atoms with Crippen LogP contribution in [-0.4, -0.2) is 43.8 Å². The minimum Gasteiger partial charge on any atom is -0.493 e. The number of ether oxygens (including phenoxy) is 2. The van der Waals surface area contributed by atoms with E-state index in [1.54, 1.807) is 40.2 Å². The SMILES string of the molecule is COc1ccc(CCN/C=C(/C#N)C(=O)NC(C(=O)O)C(C)C)cc1OC. The highest BCUT2D eigenvalue weighted by Gasteiger charge is 2.24. The van der Waals surface area contributed by atoms with Gasteiger partial charge < -0.3 is 25.2 Å². The molecular formula is C19H25N3O5. The molecule has 0 fully saturated rings. The number of rotatable bonds is 10. The van der Waals surface area contributed by atoms with Crippen molar-refractivity contribution in [1.29, 1.82) is 5.26 Å². The first-order valence-corrected chi connectivity index (χ1v) is 8.42. The maximum atomic E-state index is 12.1. The number of nitriles is 1. The Bertz CT molecular complexity index is 737. The van der Waals surface area contributed by atoms with Gasteiger partial charge in [0.1, 0.15) is 17.7 Å². The molecule has 1 aromatic carbocycles. The van der Waals surface area contributed by atoms with Gasteiger partial charge in [0, 0.05) is 12.7 Å². The summed E-state index contributed by atoms with van der Waals surface area (Å²) in [5.74, 6) is -0.912. The van der Waals surface area contributed by atoms with Crippen molar-refractivity contribution in [1.82, 2.24) is 10.6 Å². The minimum absolute atomic E-state index is 0.186. The zero-order chi connectivity index (χ0) is 20.4. The Labute approximate surface area is 158 Å². The molecule has 0 aliphatic heterocycles. The van der Waals surface area contributed by atoms with Gasteiger partial charge in [-0.1, -0.05) is 19.9 Å². The Hall–Kier alpha value is -3.21. The van der Waals surface area contributed by atoms with Crippen molar-refractivity contribution >= 4 is 11.9 Å². The second-order valence-electron chi connectivity index (χ2n) is 6.10. The lowest BCUT2D eigenvalue weighted by Crippen LogP contribution is -2.44. The second kappa shape index (κ2) is 10.7. The summed E-state index contributed by atoms with van der Waals surface area (Å²) in [7, 11) is 3.12. The van der Waals surface area contributed by atoms with Crippen LogP contribution in [0.15, 0.2) is 30.0 Å². The molecule has 0 aliphatic rings. The number of hydrogen-bond acceptors (Lipinski definition) is 6. The van der Waals surface area contributed by atoms with E-state index in [1.165, 1.54) is 6.20 Å². The number of carboxylic acids is 1. The molecular weight excluding hydrogens is 350 g/mol. The number of carboxylic acid groups (broad SMARTS) is 1. The molecule has 0 spiro atoms. The first kappa shape index (κ1) is 21.8. The third-order valence-corrected chi connectivity index (χ3v) is 3.84. The Morgan fingerprint density at radius 1 is 1.26 bits per heavy atom. The van der Waals surface area contributed by atoms with Crippen LogP contribution in [0.25, 0.3) is 0 Å². The van der Waals surface area contributed by atoms with Crippen molar-refractivity contribution in [3.05, 3.63) is 35.5 Å². The van der Waals surface area contributed by atoms with E-state index in [2.05, 4.69) is 10.6 Å². The van der Waals surface area contributed by atoms with E-state index in [1.807, 2.05) is 12.1 Å². The molecule has 0 aromatic heterocycles. The first-order chi connectivity index (χ1) is 12.8. The molecule has 1 atom stereocenters. The normalized spacial score (nSPS) is 12.1. The van der Waals surface area contributed by atoms with Crippen molar-refractivity contribution in [3.63, 3.8) is 0 Å². The molecule has 1 unspecified atom stereocenters. The summed E-state index contributed by atoms with van der Waals surface area (Å²) >= 11 is 0. The van der Waals surface area contributed by atoms with Crippen molar-refractivity contribution < 1.29 is 24.2 Å². The van der Waals surface area contributed by atoms with Crippen LogP contribution in [0.3, 0.4) is 0 Å². The lowest BCUT2D eigenvalue weighted by molar-refractivity contribution is -0.142. The number of hydrogen-bond donors (Lipinski definition) is 3. The number of amides is 1. The Morgan fingerprint density at radius 3 is 2.44 bits per heavy atom. The maximum Gasteiger partial charge on any atom is 0.326 e. The minimum atomic E-state index is -1.14. The van der Waals surface area contributed by atoms with Gasteiger partial charge in [-0.25, -0.2) is 4.79 Å². The van der Waals surface area contributed by atoms with E-state index >= 15 is 0 Å². The molecule has 8 nitrogen and oxygen atoms in total. The summed E-state index contributed by atoms with van der Waals surface area (Å²) in [5, 5.41) is 23.5. The zero-order valence-electron chi connectivity index (χ0n) is 15.9. The van der Waals surface area contributed by atoms with Gasteiger partial charge in [-0.05, 0) is 30.0 Å². The average Bonchev–Trinajstić information content (AvgIpc) is 2.65. The molecule has 0 saturated carbocycles. The summed E-state index contributed by atoms with van der Waals surface area (Å²) < 4.78 is 10.4. The van der Waals surface area contributed by atoms with Crippen LogP contribution in [0.4, 0.5) is 0 Å². The monoisotopic (exact) mass is 375 g/mol. The van der Waals surface area contributed by atoms with E-state index in [-0.39, 0.29) is 11.5 Å². The molecule has 146 valence electrons. The highest BCUT2D eigenvalue weighted by molar-refractivity contribution is 5.99. The average molecular weight is 375 g/mol. The summed E-state index contributed by atoms with van der Waals surface area (Å²) in [6, 6.07) is 6.26. The second-order valence-corrected chi connectivity index (χ2v) is 6.10. The molecule has 1 rings (SSSR count). The van der Waals surface area contributed by atoms with Gasteiger partial charge in [-0.15, -0.1) is 0 Å². The van der Waals surface area contributed by atoms with E-state index in [9.17, 15) is 9.59 Å². The molecule has 0 aliphatic carbocycles. The maximum absolute atomic E-state index is 12.1. The van der Waals surface area contributed by atoms with E-state index in [0.717, 1.165) is 5.56 Å². The number of benzene rings is 1. The number of carbonyl (C=O) groups is 2. The Kier molecular flexibility index (Phi) is 8.66. The summed E-state index contributed by atoms with van der Waals surface area (Å²) in [5.41, 5.74) is 0.802. The zero-order valence-corrected chi connectivity index (χ0v) is 15.9. The molecule has 1 amide bonds.